The Hall–Kier alpha value is -2.04. The van der Waals surface area contributed by atoms with Gasteiger partial charge in [-0.3, -0.25) is 9.69 Å². The lowest BCUT2D eigenvalue weighted by Crippen LogP contribution is -2.39. The molecule has 1 aromatic rings. The maximum Gasteiger partial charge on any atom is 0.321 e. The van der Waals surface area contributed by atoms with Crippen molar-refractivity contribution in [1.29, 1.82) is 0 Å². The fourth-order valence-corrected chi connectivity index (χ4v) is 3.30. The molecule has 1 heterocycles. The van der Waals surface area contributed by atoms with E-state index in [1.165, 1.54) is 49.7 Å². The standard InChI is InChI=1S/C20H30N2O3/c1-2-3-4-5-6-7-8-16-9-10-18-17(15-16)12-14-22(18)20(25)21-13-11-19(23)24/h9-10,15H,2-8,11-14H2,1H3,(H,21,25)(H,23,24). The van der Waals surface area contributed by atoms with Gasteiger partial charge in [0.25, 0.3) is 0 Å². The lowest BCUT2D eigenvalue weighted by Gasteiger charge is -2.18. The van der Waals surface area contributed by atoms with Gasteiger partial charge >= 0.3 is 12.0 Å². The highest BCUT2D eigenvalue weighted by Crippen LogP contribution is 2.29. The zero-order valence-electron chi connectivity index (χ0n) is 15.2. The monoisotopic (exact) mass is 346 g/mol. The van der Waals surface area contributed by atoms with Crippen LogP contribution in [0.25, 0.3) is 0 Å². The summed E-state index contributed by atoms with van der Waals surface area (Å²) in [6, 6.07) is 6.18. The first kappa shape index (κ1) is 19.3. The number of benzene rings is 1. The molecule has 25 heavy (non-hydrogen) atoms. The van der Waals surface area contributed by atoms with Crippen molar-refractivity contribution in [3.8, 4) is 0 Å². The molecule has 0 atom stereocenters. The van der Waals surface area contributed by atoms with Gasteiger partial charge in [0.05, 0.1) is 6.42 Å². The third kappa shape index (κ3) is 6.07. The molecule has 0 bridgehead atoms. The predicted octanol–water partition coefficient (Wildman–Crippen LogP) is 4.14. The molecule has 138 valence electrons. The molecule has 2 rings (SSSR count). The van der Waals surface area contributed by atoms with Crippen LogP contribution in [0.2, 0.25) is 0 Å². The first-order valence-electron chi connectivity index (χ1n) is 9.50. The number of amides is 2. The van der Waals surface area contributed by atoms with Gasteiger partial charge in [-0.2, -0.15) is 0 Å². The largest absolute Gasteiger partial charge is 0.481 e. The number of carbonyl (C=O) groups excluding carboxylic acids is 1. The number of anilines is 1. The van der Waals surface area contributed by atoms with Crippen molar-refractivity contribution >= 4 is 17.7 Å². The van der Waals surface area contributed by atoms with E-state index in [1.54, 1.807) is 4.90 Å². The Labute approximate surface area is 150 Å². The van der Waals surface area contributed by atoms with Crippen molar-refractivity contribution < 1.29 is 14.7 Å². The van der Waals surface area contributed by atoms with Crippen LogP contribution >= 0.6 is 0 Å². The Morgan fingerprint density at radius 3 is 2.68 bits per heavy atom. The minimum Gasteiger partial charge on any atom is -0.481 e. The number of hydrogen-bond acceptors (Lipinski definition) is 2. The topological polar surface area (TPSA) is 69.6 Å². The summed E-state index contributed by atoms with van der Waals surface area (Å²) in [5, 5.41) is 11.3. The van der Waals surface area contributed by atoms with Gasteiger partial charge in [-0.05, 0) is 36.5 Å². The number of aliphatic carboxylic acids is 1. The Kier molecular flexibility index (Phi) is 7.76. The summed E-state index contributed by atoms with van der Waals surface area (Å²) in [5.41, 5.74) is 3.53. The minimum atomic E-state index is -0.901. The van der Waals surface area contributed by atoms with Gasteiger partial charge in [0.15, 0.2) is 0 Å². The maximum absolute atomic E-state index is 12.2. The van der Waals surface area contributed by atoms with E-state index in [2.05, 4.69) is 24.4 Å². The number of hydrogen-bond donors (Lipinski definition) is 2. The van der Waals surface area contributed by atoms with Gasteiger partial charge in [0.1, 0.15) is 0 Å². The normalized spacial score (nSPS) is 12.9. The zero-order valence-corrected chi connectivity index (χ0v) is 15.2. The molecule has 0 fully saturated rings. The van der Waals surface area contributed by atoms with E-state index in [9.17, 15) is 9.59 Å². The third-order valence-electron chi connectivity index (χ3n) is 4.72. The summed E-state index contributed by atoms with van der Waals surface area (Å²) in [4.78, 5) is 24.4. The van der Waals surface area contributed by atoms with Crippen LogP contribution in [0.15, 0.2) is 18.2 Å². The summed E-state index contributed by atoms with van der Waals surface area (Å²) in [6.07, 6.45) is 9.71. The molecule has 0 radical (unpaired) electrons. The van der Waals surface area contributed by atoms with E-state index in [0.29, 0.717) is 6.54 Å². The smallest absolute Gasteiger partial charge is 0.321 e. The average Bonchev–Trinajstić information content (AvgIpc) is 3.01. The summed E-state index contributed by atoms with van der Waals surface area (Å²) < 4.78 is 0. The summed E-state index contributed by atoms with van der Waals surface area (Å²) in [7, 11) is 0. The van der Waals surface area contributed by atoms with Crippen LogP contribution in [0.1, 0.15) is 63.0 Å². The molecule has 1 aliphatic rings. The van der Waals surface area contributed by atoms with Gasteiger partial charge in [-0.15, -0.1) is 0 Å². The van der Waals surface area contributed by atoms with Crippen molar-refractivity contribution in [1.82, 2.24) is 5.32 Å². The van der Waals surface area contributed by atoms with Gasteiger partial charge in [-0.25, -0.2) is 4.79 Å². The van der Waals surface area contributed by atoms with Crippen LogP contribution in [-0.4, -0.2) is 30.2 Å². The third-order valence-corrected chi connectivity index (χ3v) is 4.72. The number of nitrogens with zero attached hydrogens (tertiary/aromatic N) is 1. The van der Waals surface area contributed by atoms with E-state index in [1.807, 2.05) is 6.07 Å². The first-order chi connectivity index (χ1) is 12.1. The fraction of sp³-hybridized carbons (Fsp3) is 0.600. The van der Waals surface area contributed by atoms with Gasteiger partial charge in [0, 0.05) is 18.8 Å². The number of nitrogens with one attached hydrogen (secondary N) is 1. The second-order valence-electron chi connectivity index (χ2n) is 6.76. The number of unbranched alkanes of at least 4 members (excludes halogenated alkanes) is 5. The van der Waals surface area contributed by atoms with E-state index >= 15 is 0 Å². The van der Waals surface area contributed by atoms with Crippen molar-refractivity contribution in [2.24, 2.45) is 0 Å². The molecule has 0 unspecified atom stereocenters. The maximum atomic E-state index is 12.2. The van der Waals surface area contributed by atoms with Crippen molar-refractivity contribution in [3.63, 3.8) is 0 Å². The van der Waals surface area contributed by atoms with Crippen LogP contribution in [0.3, 0.4) is 0 Å². The lowest BCUT2D eigenvalue weighted by atomic mass is 10.0. The highest BCUT2D eigenvalue weighted by atomic mass is 16.4. The number of urea groups is 1. The van der Waals surface area contributed by atoms with Crippen LogP contribution < -0.4 is 10.2 Å². The van der Waals surface area contributed by atoms with Crippen LogP contribution in [0.5, 0.6) is 0 Å². The van der Waals surface area contributed by atoms with E-state index in [0.717, 1.165) is 18.5 Å². The predicted molar refractivity (Wildman–Crippen MR) is 100 cm³/mol. The second-order valence-corrected chi connectivity index (χ2v) is 6.76. The summed E-state index contributed by atoms with van der Waals surface area (Å²) >= 11 is 0. The summed E-state index contributed by atoms with van der Waals surface area (Å²) in [6.45, 7) is 3.06. The molecule has 5 nitrogen and oxygen atoms in total. The molecule has 0 aliphatic carbocycles. The van der Waals surface area contributed by atoms with Crippen molar-refractivity contribution in [3.05, 3.63) is 29.3 Å². The molecule has 0 aromatic heterocycles. The highest BCUT2D eigenvalue weighted by Gasteiger charge is 2.24. The van der Waals surface area contributed by atoms with Crippen LogP contribution in [0.4, 0.5) is 10.5 Å². The SMILES string of the molecule is CCCCCCCCc1ccc2c(c1)CCN2C(=O)NCCC(=O)O. The Morgan fingerprint density at radius 2 is 1.92 bits per heavy atom. The molecule has 2 N–H and O–H groups in total. The lowest BCUT2D eigenvalue weighted by molar-refractivity contribution is -0.136. The Morgan fingerprint density at radius 1 is 1.16 bits per heavy atom. The molecular formula is C20H30N2O3. The van der Waals surface area contributed by atoms with Crippen molar-refractivity contribution in [2.75, 3.05) is 18.0 Å². The molecule has 5 heteroatoms. The Bertz CT molecular complexity index is 586. The molecule has 0 saturated heterocycles. The van der Waals surface area contributed by atoms with Crippen molar-refractivity contribution in [2.45, 2.75) is 64.7 Å². The van der Waals surface area contributed by atoms with Crippen LogP contribution in [0, 0.1) is 0 Å². The quantitative estimate of drug-likeness (QED) is 0.626. The first-order valence-corrected chi connectivity index (χ1v) is 9.50. The summed E-state index contributed by atoms with van der Waals surface area (Å²) in [5.74, 6) is -0.901. The second kappa shape index (κ2) is 10.1. The molecule has 0 saturated carbocycles. The van der Waals surface area contributed by atoms with Crippen LogP contribution in [-0.2, 0) is 17.6 Å². The van der Waals surface area contributed by atoms with Gasteiger partial charge in [0.2, 0.25) is 0 Å². The highest BCUT2D eigenvalue weighted by molar-refractivity contribution is 5.94. The number of carboxylic acids is 1. The molecular weight excluding hydrogens is 316 g/mol. The van der Waals surface area contributed by atoms with E-state index in [-0.39, 0.29) is 19.0 Å². The van der Waals surface area contributed by atoms with E-state index < -0.39 is 5.97 Å². The fourth-order valence-electron chi connectivity index (χ4n) is 3.30. The number of aryl methyl sites for hydroxylation is 1. The molecule has 2 amide bonds. The zero-order chi connectivity index (χ0) is 18.1. The van der Waals surface area contributed by atoms with Gasteiger partial charge in [-0.1, -0.05) is 51.2 Å². The number of carboxylic acid groups (broad SMARTS) is 1. The molecule has 1 aliphatic heterocycles. The average molecular weight is 346 g/mol. The molecule has 1 aromatic carbocycles. The minimum absolute atomic E-state index is 0.0520. The number of carbonyl (C=O) groups is 2. The molecule has 0 spiro atoms. The van der Waals surface area contributed by atoms with E-state index in [4.69, 9.17) is 5.11 Å². The number of fused-ring (bicyclic) bond motifs is 1. The Balaban J connectivity index is 1.81. The number of rotatable bonds is 10. The van der Waals surface area contributed by atoms with Gasteiger partial charge < -0.3 is 10.4 Å².